The number of imidazole rings is 1. The number of carbonyl (C=O) groups is 5. The molecule has 2 aromatic rings. The van der Waals surface area contributed by atoms with Gasteiger partial charge in [-0.3, -0.25) is 38.3 Å². The molecule has 394 valence electrons. The Morgan fingerprint density at radius 2 is 1.54 bits per heavy atom. The van der Waals surface area contributed by atoms with Crippen LogP contribution in [0.5, 0.6) is 0 Å². The molecule has 16 N–H and O–H groups in total. The van der Waals surface area contributed by atoms with E-state index in [0.717, 1.165) is 19.7 Å². The molecule has 0 radical (unpaired) electrons. The molecule has 3 aliphatic rings. The van der Waals surface area contributed by atoms with Crippen LogP contribution in [0.2, 0.25) is 0 Å². The van der Waals surface area contributed by atoms with Crippen molar-refractivity contribution >= 4 is 46.6 Å². The highest BCUT2D eigenvalue weighted by atomic mass is 16.7. The van der Waals surface area contributed by atoms with Crippen LogP contribution in [0.15, 0.2) is 11.1 Å². The number of aromatic amines is 1. The van der Waals surface area contributed by atoms with Crippen LogP contribution >= 0.6 is 0 Å². The smallest absolute Gasteiger partial charge is 0.280 e. The summed E-state index contributed by atoms with van der Waals surface area (Å²) in [5.74, 6) is -3.89. The minimum atomic E-state index is -1.65. The van der Waals surface area contributed by atoms with Crippen molar-refractivity contribution in [3.63, 3.8) is 0 Å². The van der Waals surface area contributed by atoms with E-state index in [1.165, 1.54) is 11.5 Å². The Morgan fingerprint density at radius 1 is 0.829 bits per heavy atom. The van der Waals surface area contributed by atoms with Crippen molar-refractivity contribution in [3.05, 3.63) is 16.7 Å². The van der Waals surface area contributed by atoms with Crippen LogP contribution in [0.3, 0.4) is 0 Å². The normalized spacial score (nSPS) is 30.8. The van der Waals surface area contributed by atoms with E-state index in [4.69, 9.17) is 29.4 Å². The molecule has 5 heterocycles. The number of ether oxygens (including phenoxy) is 5. The van der Waals surface area contributed by atoms with E-state index >= 15 is 0 Å². The van der Waals surface area contributed by atoms with Crippen LogP contribution in [0.4, 0.5) is 5.95 Å². The summed E-state index contributed by atoms with van der Waals surface area (Å²) in [5.41, 5.74) is 4.87. The fourth-order valence-electron chi connectivity index (χ4n) is 8.03. The van der Waals surface area contributed by atoms with Crippen LogP contribution < -0.4 is 37.9 Å². The molecule has 1 unspecified atom stereocenters. The molecule has 0 aliphatic carbocycles. The highest BCUT2D eigenvalue weighted by molar-refractivity contribution is 5.91. The predicted molar refractivity (Wildman–Crippen MR) is 236 cm³/mol. The van der Waals surface area contributed by atoms with E-state index in [1.807, 2.05) is 6.92 Å². The van der Waals surface area contributed by atoms with Gasteiger partial charge in [-0.1, -0.05) is 26.2 Å². The van der Waals surface area contributed by atoms with Crippen molar-refractivity contribution in [2.24, 2.45) is 0 Å². The number of nitrogen functional groups attached to an aromatic ring is 1. The molecule has 16 atom stereocenters. The van der Waals surface area contributed by atoms with Gasteiger partial charge in [-0.15, -0.1) is 0 Å². The topological polar surface area (TPSA) is 443 Å². The first kappa shape index (κ1) is 55.9. The first-order chi connectivity index (χ1) is 33.2. The number of carbonyl (C=O) groups excluding carboxylic acids is 5. The lowest BCUT2D eigenvalue weighted by molar-refractivity contribution is -0.291. The summed E-state index contributed by atoms with van der Waals surface area (Å²) in [7, 11) is 0. The zero-order valence-corrected chi connectivity index (χ0v) is 38.8. The maximum absolute atomic E-state index is 13.7. The van der Waals surface area contributed by atoms with Crippen molar-refractivity contribution in [2.45, 2.75) is 164 Å². The quantitative estimate of drug-likeness (QED) is 0.0435. The first-order valence-electron chi connectivity index (χ1n) is 23.0. The fourth-order valence-corrected chi connectivity index (χ4v) is 8.03. The van der Waals surface area contributed by atoms with Gasteiger partial charge in [0.25, 0.3) is 5.56 Å². The van der Waals surface area contributed by atoms with Crippen LogP contribution in [-0.2, 0) is 47.7 Å². The second-order valence-corrected chi connectivity index (χ2v) is 17.3. The molecule has 0 spiro atoms. The fraction of sp³-hybridized carbons (Fsp3) is 0.756. The molecule has 5 amide bonds. The van der Waals surface area contributed by atoms with Gasteiger partial charge in [0.2, 0.25) is 35.5 Å². The number of H-pyrrole nitrogens is 1. The number of nitrogens with zero attached hydrogens (tertiary/aromatic N) is 3. The summed E-state index contributed by atoms with van der Waals surface area (Å²) in [6.07, 6.45) is -16.4. The molecule has 2 aromatic heterocycles. The summed E-state index contributed by atoms with van der Waals surface area (Å²) in [4.78, 5) is 87.9. The summed E-state index contributed by atoms with van der Waals surface area (Å²) >= 11 is 0. The highest BCUT2D eigenvalue weighted by Gasteiger charge is 2.48. The SMILES string of the molecule is CCCCCC(O[C@@H]1O[C@H](CO)[C@@H](O)[C@H](O)[C@H]1NC(C)=O)C(=O)NCC(=O)N[C@@H](CCCCNC(=O)CO[C@H]1O[C@@H](C)[C@@H](O)[C@@H](O)[C@@H]1O)C(=O)NC[C@H]1O[C@@H](n2cnc3c(=O)[nH]c(N)nc32)[C@H](O)[C@@H]1O. The molecule has 3 saturated heterocycles. The molecular formula is C41H66N10O19. The Labute approximate surface area is 399 Å². The van der Waals surface area contributed by atoms with Crippen LogP contribution in [0.25, 0.3) is 11.2 Å². The molecular weight excluding hydrogens is 937 g/mol. The molecule has 29 nitrogen and oxygen atoms in total. The van der Waals surface area contributed by atoms with Gasteiger partial charge in [0.15, 0.2) is 30.0 Å². The van der Waals surface area contributed by atoms with Gasteiger partial charge in [0, 0.05) is 20.0 Å². The summed E-state index contributed by atoms with van der Waals surface area (Å²) < 4.78 is 29.3. The monoisotopic (exact) mass is 1000 g/mol. The summed E-state index contributed by atoms with van der Waals surface area (Å²) in [5, 5.41) is 95.4. The number of hydrogen-bond donors (Lipinski definition) is 15. The van der Waals surface area contributed by atoms with Gasteiger partial charge in [-0.05, 0) is 32.6 Å². The Balaban J connectivity index is 1.21. The van der Waals surface area contributed by atoms with E-state index in [-0.39, 0.29) is 49.3 Å². The molecule has 70 heavy (non-hydrogen) atoms. The average Bonchev–Trinajstić information content (AvgIpc) is 3.87. The summed E-state index contributed by atoms with van der Waals surface area (Å²) in [6.45, 7) is 2.21. The van der Waals surface area contributed by atoms with E-state index in [0.29, 0.717) is 12.8 Å². The zero-order chi connectivity index (χ0) is 51.4. The molecule has 0 saturated carbocycles. The molecule has 3 aliphatic heterocycles. The number of aliphatic hydroxyl groups is 8. The van der Waals surface area contributed by atoms with E-state index in [1.54, 1.807) is 0 Å². The zero-order valence-electron chi connectivity index (χ0n) is 38.8. The van der Waals surface area contributed by atoms with Gasteiger partial charge in [0.1, 0.15) is 79.7 Å². The molecule has 3 fully saturated rings. The van der Waals surface area contributed by atoms with Gasteiger partial charge in [0.05, 0.1) is 25.6 Å². The van der Waals surface area contributed by atoms with E-state index in [2.05, 4.69) is 41.5 Å². The van der Waals surface area contributed by atoms with Crippen molar-refractivity contribution in [3.8, 4) is 0 Å². The number of amides is 5. The maximum Gasteiger partial charge on any atom is 0.280 e. The minimum Gasteiger partial charge on any atom is -0.394 e. The third-order valence-electron chi connectivity index (χ3n) is 12.0. The Bertz CT molecular complexity index is 2130. The van der Waals surface area contributed by atoms with Gasteiger partial charge < -0.3 is 96.9 Å². The molecule has 29 heteroatoms. The number of fused-ring (bicyclic) bond motifs is 1. The number of rotatable bonds is 24. The number of aromatic nitrogens is 4. The average molecular weight is 1000 g/mol. The third-order valence-corrected chi connectivity index (χ3v) is 12.0. The lowest BCUT2D eigenvalue weighted by atomic mass is 9.96. The second-order valence-electron chi connectivity index (χ2n) is 17.3. The van der Waals surface area contributed by atoms with Crippen LogP contribution in [0, 0.1) is 0 Å². The standard InChI is InChI=1S/C41H66N10O19/c1-4-5-6-10-20(69-39-25(47-18(3)53)30(59)29(58)22(14-52)70-39)36(64)45-13-23(54)48-19(9-7-8-11-43-24(55)15-66-40-33(62)31(60)27(56)17(2)67-40)35(63)44-12-21-28(57)32(61)38(68-21)51-16-46-26-34(51)49-41(42)50-37(26)65/h16-17,19-22,25,27-33,38-40,52,56-62H,4-15H2,1-3H3,(H,43,55)(H,44,63)(H,45,64)(H,47,53)(H,48,54)(H3,42,49,50,65)/t17-,19-,20?,21+,22+,25+,27+,28+,29+,30+,31+,32+,33-,38+,39+,40-/m0/s1. The number of unbranched alkanes of at least 4 members (excludes halogenated alkanes) is 3. The number of nitrogens with one attached hydrogen (secondary N) is 6. The number of nitrogens with two attached hydrogens (primary N) is 1. The van der Waals surface area contributed by atoms with Crippen molar-refractivity contribution < 1.29 is 88.5 Å². The number of hydrogen-bond acceptors (Lipinski definition) is 22. The van der Waals surface area contributed by atoms with Crippen molar-refractivity contribution in [1.82, 2.24) is 46.1 Å². The van der Waals surface area contributed by atoms with Gasteiger partial charge in [-0.2, -0.15) is 4.98 Å². The largest absolute Gasteiger partial charge is 0.394 e. The third kappa shape index (κ3) is 14.3. The summed E-state index contributed by atoms with van der Waals surface area (Å²) in [6, 6.07) is -2.64. The van der Waals surface area contributed by atoms with E-state index < -0.39 is 159 Å². The Kier molecular flexibility index (Phi) is 20.7. The van der Waals surface area contributed by atoms with Crippen LogP contribution in [-0.4, -0.2) is 215 Å². The lowest BCUT2D eigenvalue weighted by Crippen LogP contribution is -2.65. The highest BCUT2D eigenvalue weighted by Crippen LogP contribution is 2.31. The first-order valence-corrected chi connectivity index (χ1v) is 23.0. The maximum atomic E-state index is 13.7. The van der Waals surface area contributed by atoms with Gasteiger partial charge >= 0.3 is 0 Å². The Hall–Kier alpha value is -5.02. The van der Waals surface area contributed by atoms with Crippen molar-refractivity contribution in [2.75, 3.05) is 38.6 Å². The second kappa shape index (κ2) is 25.9. The van der Waals surface area contributed by atoms with Crippen LogP contribution in [0.1, 0.15) is 71.9 Å². The molecule has 0 bridgehead atoms. The minimum absolute atomic E-state index is 0.0351. The predicted octanol–water partition coefficient (Wildman–Crippen LogP) is -6.92. The van der Waals surface area contributed by atoms with Crippen molar-refractivity contribution in [1.29, 1.82) is 0 Å². The number of aliphatic hydroxyl groups excluding tert-OH is 8. The molecule has 0 aromatic carbocycles. The molecule has 5 rings (SSSR count). The number of anilines is 1. The Morgan fingerprint density at radius 3 is 2.24 bits per heavy atom. The van der Waals surface area contributed by atoms with Gasteiger partial charge in [-0.25, -0.2) is 4.98 Å². The lowest BCUT2D eigenvalue weighted by Gasteiger charge is -2.43. The van der Waals surface area contributed by atoms with E-state index in [9.17, 15) is 69.6 Å².